The van der Waals surface area contributed by atoms with E-state index in [9.17, 15) is 0 Å². The predicted molar refractivity (Wildman–Crippen MR) is 71.3 cm³/mol. The molecule has 0 saturated heterocycles. The Balaban J connectivity index is 2.05. The van der Waals surface area contributed by atoms with Crippen molar-refractivity contribution in [2.24, 2.45) is 5.41 Å². The Hall–Kier alpha value is -0.120. The first-order valence-electron chi connectivity index (χ1n) is 7.05. The molecule has 102 valence electrons. The molecule has 0 spiro atoms. The number of hydrogen-bond donors (Lipinski definition) is 1. The highest BCUT2D eigenvalue weighted by molar-refractivity contribution is 5.02. The molecular formula is C14H29NO2. The molecular weight excluding hydrogens is 214 g/mol. The number of hydrogen-bond acceptors (Lipinski definition) is 3. The molecule has 0 aromatic carbocycles. The van der Waals surface area contributed by atoms with Crippen LogP contribution in [0, 0.1) is 5.41 Å². The van der Waals surface area contributed by atoms with Crippen molar-refractivity contribution in [3.05, 3.63) is 0 Å². The van der Waals surface area contributed by atoms with E-state index < -0.39 is 0 Å². The summed E-state index contributed by atoms with van der Waals surface area (Å²) >= 11 is 0. The molecule has 3 heteroatoms. The van der Waals surface area contributed by atoms with E-state index in [1.807, 2.05) is 0 Å². The summed E-state index contributed by atoms with van der Waals surface area (Å²) < 4.78 is 11.3. The molecule has 1 fully saturated rings. The van der Waals surface area contributed by atoms with Gasteiger partial charge in [0.15, 0.2) is 0 Å². The van der Waals surface area contributed by atoms with Gasteiger partial charge in [-0.25, -0.2) is 0 Å². The quantitative estimate of drug-likeness (QED) is 0.631. The molecule has 17 heavy (non-hydrogen) atoms. The molecule has 0 aromatic rings. The Kier molecular flexibility index (Phi) is 6.45. The minimum atomic E-state index is 0.263. The van der Waals surface area contributed by atoms with Crippen LogP contribution in [0.4, 0.5) is 0 Å². The third-order valence-electron chi connectivity index (χ3n) is 3.82. The lowest BCUT2D eigenvalue weighted by Gasteiger charge is -2.52. The molecule has 1 aliphatic rings. The third-order valence-corrected chi connectivity index (χ3v) is 3.82. The van der Waals surface area contributed by atoms with Gasteiger partial charge in [-0.15, -0.1) is 0 Å². The molecule has 0 heterocycles. The second-order valence-corrected chi connectivity index (χ2v) is 5.47. The van der Waals surface area contributed by atoms with Crippen molar-refractivity contribution in [1.82, 2.24) is 5.32 Å². The molecule has 0 radical (unpaired) electrons. The van der Waals surface area contributed by atoms with E-state index in [1.165, 1.54) is 12.8 Å². The standard InChI is InChI=1S/C14H29NO2/c1-5-7-9-16-10-8-15-12-11-13(17-6-2)14(12,3)4/h12-13,15H,5-11H2,1-4H3. The smallest absolute Gasteiger partial charge is 0.0655 e. The molecule has 0 aliphatic heterocycles. The molecule has 2 unspecified atom stereocenters. The summed E-state index contributed by atoms with van der Waals surface area (Å²) in [6.07, 6.45) is 3.93. The lowest BCUT2D eigenvalue weighted by molar-refractivity contribution is -0.114. The molecule has 1 saturated carbocycles. The fraction of sp³-hybridized carbons (Fsp3) is 1.00. The van der Waals surface area contributed by atoms with Crippen LogP contribution >= 0.6 is 0 Å². The maximum atomic E-state index is 5.71. The average Bonchev–Trinajstić information content (AvgIpc) is 2.31. The predicted octanol–water partition coefficient (Wildman–Crippen LogP) is 2.60. The molecule has 0 bridgehead atoms. The van der Waals surface area contributed by atoms with E-state index in [0.717, 1.165) is 32.8 Å². The van der Waals surface area contributed by atoms with Crippen molar-refractivity contribution in [3.8, 4) is 0 Å². The van der Waals surface area contributed by atoms with Gasteiger partial charge in [0.25, 0.3) is 0 Å². The van der Waals surface area contributed by atoms with Crippen LogP contribution in [0.25, 0.3) is 0 Å². The zero-order chi connectivity index (χ0) is 12.7. The highest BCUT2D eigenvalue weighted by Gasteiger charge is 2.48. The van der Waals surface area contributed by atoms with Crippen molar-refractivity contribution in [2.45, 2.75) is 59.1 Å². The Morgan fingerprint density at radius 3 is 2.59 bits per heavy atom. The third kappa shape index (κ3) is 4.23. The minimum Gasteiger partial charge on any atom is -0.380 e. The molecule has 2 atom stereocenters. The van der Waals surface area contributed by atoms with Crippen molar-refractivity contribution in [3.63, 3.8) is 0 Å². The summed E-state index contributed by atoms with van der Waals surface area (Å²) in [5.74, 6) is 0. The Labute approximate surface area is 106 Å². The molecule has 1 aliphatic carbocycles. The van der Waals surface area contributed by atoms with E-state index >= 15 is 0 Å². The SMILES string of the molecule is CCCCOCCNC1CC(OCC)C1(C)C. The number of ether oxygens (including phenoxy) is 2. The summed E-state index contributed by atoms with van der Waals surface area (Å²) in [5.41, 5.74) is 0.263. The monoisotopic (exact) mass is 243 g/mol. The highest BCUT2D eigenvalue weighted by atomic mass is 16.5. The van der Waals surface area contributed by atoms with Crippen LogP contribution in [-0.2, 0) is 9.47 Å². The van der Waals surface area contributed by atoms with Crippen LogP contribution in [0.1, 0.15) is 47.0 Å². The first-order valence-corrected chi connectivity index (χ1v) is 7.05. The van der Waals surface area contributed by atoms with Crippen LogP contribution in [0.2, 0.25) is 0 Å². The summed E-state index contributed by atoms with van der Waals surface area (Å²) in [4.78, 5) is 0. The largest absolute Gasteiger partial charge is 0.380 e. The van der Waals surface area contributed by atoms with Gasteiger partial charge in [-0.2, -0.15) is 0 Å². The zero-order valence-corrected chi connectivity index (χ0v) is 11.9. The normalized spacial score (nSPS) is 26.8. The Morgan fingerprint density at radius 2 is 2.00 bits per heavy atom. The summed E-state index contributed by atoms with van der Waals surface area (Å²) in [7, 11) is 0. The first-order chi connectivity index (χ1) is 8.12. The summed E-state index contributed by atoms with van der Waals surface area (Å²) in [5, 5.41) is 3.57. The van der Waals surface area contributed by atoms with Crippen LogP contribution in [0.15, 0.2) is 0 Å². The van der Waals surface area contributed by atoms with Gasteiger partial charge in [0, 0.05) is 31.2 Å². The van der Waals surface area contributed by atoms with E-state index in [1.54, 1.807) is 0 Å². The Morgan fingerprint density at radius 1 is 1.24 bits per heavy atom. The van der Waals surface area contributed by atoms with E-state index in [0.29, 0.717) is 12.1 Å². The van der Waals surface area contributed by atoms with Gasteiger partial charge in [0.2, 0.25) is 0 Å². The average molecular weight is 243 g/mol. The van der Waals surface area contributed by atoms with Gasteiger partial charge in [0.05, 0.1) is 12.7 Å². The number of rotatable bonds is 9. The van der Waals surface area contributed by atoms with Crippen LogP contribution in [0.5, 0.6) is 0 Å². The van der Waals surface area contributed by atoms with Gasteiger partial charge >= 0.3 is 0 Å². The molecule has 1 N–H and O–H groups in total. The molecule has 3 nitrogen and oxygen atoms in total. The lowest BCUT2D eigenvalue weighted by Crippen LogP contribution is -2.61. The van der Waals surface area contributed by atoms with E-state index in [-0.39, 0.29) is 5.41 Å². The van der Waals surface area contributed by atoms with Crippen molar-refractivity contribution < 1.29 is 9.47 Å². The Bertz CT molecular complexity index is 206. The van der Waals surface area contributed by atoms with Gasteiger partial charge in [-0.1, -0.05) is 27.2 Å². The van der Waals surface area contributed by atoms with Crippen LogP contribution in [-0.4, -0.2) is 38.5 Å². The van der Waals surface area contributed by atoms with Crippen molar-refractivity contribution >= 4 is 0 Å². The second kappa shape index (κ2) is 7.34. The number of unbranched alkanes of at least 4 members (excludes halogenated alkanes) is 1. The maximum absolute atomic E-state index is 5.71. The zero-order valence-electron chi connectivity index (χ0n) is 11.9. The number of nitrogens with one attached hydrogen (secondary N) is 1. The van der Waals surface area contributed by atoms with Crippen molar-refractivity contribution in [1.29, 1.82) is 0 Å². The highest BCUT2D eigenvalue weighted by Crippen LogP contribution is 2.42. The summed E-state index contributed by atoms with van der Waals surface area (Å²) in [6.45, 7) is 12.3. The van der Waals surface area contributed by atoms with Crippen LogP contribution in [0.3, 0.4) is 0 Å². The van der Waals surface area contributed by atoms with Gasteiger partial charge < -0.3 is 14.8 Å². The van der Waals surface area contributed by atoms with Gasteiger partial charge in [0.1, 0.15) is 0 Å². The fourth-order valence-electron chi connectivity index (χ4n) is 2.37. The second-order valence-electron chi connectivity index (χ2n) is 5.47. The topological polar surface area (TPSA) is 30.5 Å². The maximum Gasteiger partial charge on any atom is 0.0655 e. The lowest BCUT2D eigenvalue weighted by atomic mass is 9.64. The molecule has 0 amide bonds. The summed E-state index contributed by atoms with van der Waals surface area (Å²) in [6, 6.07) is 0.578. The minimum absolute atomic E-state index is 0.263. The first kappa shape index (κ1) is 14.9. The van der Waals surface area contributed by atoms with Gasteiger partial charge in [-0.05, 0) is 19.8 Å². The van der Waals surface area contributed by atoms with Gasteiger partial charge in [-0.3, -0.25) is 0 Å². The molecule has 1 rings (SSSR count). The van der Waals surface area contributed by atoms with E-state index in [2.05, 4.69) is 33.0 Å². The molecule has 0 aromatic heterocycles. The van der Waals surface area contributed by atoms with E-state index in [4.69, 9.17) is 9.47 Å². The van der Waals surface area contributed by atoms with Crippen molar-refractivity contribution in [2.75, 3.05) is 26.4 Å². The fourth-order valence-corrected chi connectivity index (χ4v) is 2.37. The van der Waals surface area contributed by atoms with Crippen LogP contribution < -0.4 is 5.32 Å².